The summed E-state index contributed by atoms with van der Waals surface area (Å²) in [6, 6.07) is 11.5. The summed E-state index contributed by atoms with van der Waals surface area (Å²) in [5, 5.41) is 4.86. The van der Waals surface area contributed by atoms with Crippen LogP contribution in [0.15, 0.2) is 30.3 Å². The van der Waals surface area contributed by atoms with E-state index >= 15 is 0 Å². The summed E-state index contributed by atoms with van der Waals surface area (Å²) in [5.41, 5.74) is 8.82. The Labute approximate surface area is 162 Å². The summed E-state index contributed by atoms with van der Waals surface area (Å²) in [6.07, 6.45) is 2.47. The van der Waals surface area contributed by atoms with Crippen LogP contribution in [0, 0.1) is 13.8 Å². The van der Waals surface area contributed by atoms with E-state index in [1.165, 1.54) is 46.1 Å². The Hall–Kier alpha value is -2.13. The highest BCUT2D eigenvalue weighted by atomic mass is 14.9. The van der Waals surface area contributed by atoms with E-state index in [4.69, 9.17) is 0 Å². The van der Waals surface area contributed by atoms with Crippen LogP contribution in [0.2, 0.25) is 0 Å². The molecule has 1 fully saturated rings. The van der Waals surface area contributed by atoms with Crippen LogP contribution < -0.4 is 5.32 Å². The largest absolute Gasteiger partial charge is 0.354 e. The average Bonchev–Trinajstić information content (AvgIpc) is 3.00. The smallest absolute Gasteiger partial charge is 0.0504 e. The van der Waals surface area contributed by atoms with Crippen LogP contribution in [-0.2, 0) is 5.41 Å². The van der Waals surface area contributed by atoms with Crippen molar-refractivity contribution in [1.82, 2.24) is 15.3 Å². The maximum absolute atomic E-state index is 4.56. The molecule has 0 amide bonds. The molecule has 0 spiro atoms. The molecular weight excluding hydrogens is 330 g/mol. The standard InChI is InChI=1S/C24H31N3/c1-15-12-19(13-16(2)26-15)23-22(24(3,4)5)20-14-18(6-7-21(20)27-23)17-8-10-25-11-9-17/h6-7,12-14,17,25,27H,8-11H2,1-5H3. The lowest BCUT2D eigenvalue weighted by atomic mass is 9.82. The summed E-state index contributed by atoms with van der Waals surface area (Å²) in [7, 11) is 0. The van der Waals surface area contributed by atoms with Gasteiger partial charge in [0.15, 0.2) is 0 Å². The number of aromatic nitrogens is 2. The number of fused-ring (bicyclic) bond motifs is 1. The van der Waals surface area contributed by atoms with Crippen molar-refractivity contribution in [2.75, 3.05) is 13.1 Å². The van der Waals surface area contributed by atoms with E-state index in [1.54, 1.807) is 0 Å². The van der Waals surface area contributed by atoms with Crippen molar-refractivity contribution in [3.8, 4) is 11.3 Å². The van der Waals surface area contributed by atoms with Gasteiger partial charge in [0.1, 0.15) is 0 Å². The lowest BCUT2D eigenvalue weighted by Crippen LogP contribution is -2.26. The average molecular weight is 362 g/mol. The van der Waals surface area contributed by atoms with Gasteiger partial charge in [0.05, 0.1) is 5.69 Å². The van der Waals surface area contributed by atoms with Gasteiger partial charge < -0.3 is 10.3 Å². The van der Waals surface area contributed by atoms with Crippen LogP contribution in [0.1, 0.15) is 62.0 Å². The highest BCUT2D eigenvalue weighted by Gasteiger charge is 2.25. The summed E-state index contributed by atoms with van der Waals surface area (Å²) in [6.45, 7) is 13.4. The second-order valence-corrected chi connectivity index (χ2v) is 9.09. The number of aryl methyl sites for hydroxylation is 2. The van der Waals surface area contributed by atoms with Crippen LogP contribution in [0.4, 0.5) is 0 Å². The molecule has 4 rings (SSSR count). The molecule has 1 saturated heterocycles. The van der Waals surface area contributed by atoms with E-state index in [9.17, 15) is 0 Å². The van der Waals surface area contributed by atoms with Crippen molar-refractivity contribution < 1.29 is 0 Å². The Morgan fingerprint density at radius 2 is 1.63 bits per heavy atom. The molecule has 0 unspecified atom stereocenters. The summed E-state index contributed by atoms with van der Waals surface area (Å²) in [5.74, 6) is 0.673. The minimum atomic E-state index is 0.0609. The Morgan fingerprint density at radius 3 is 2.26 bits per heavy atom. The molecule has 1 aliphatic rings. The van der Waals surface area contributed by atoms with Gasteiger partial charge in [-0.3, -0.25) is 4.98 Å². The fraction of sp³-hybridized carbons (Fsp3) is 0.458. The third-order valence-electron chi connectivity index (χ3n) is 5.75. The predicted octanol–water partition coefficient (Wildman–Crippen LogP) is 5.61. The van der Waals surface area contributed by atoms with Crippen LogP contribution in [0.5, 0.6) is 0 Å². The summed E-state index contributed by atoms with van der Waals surface area (Å²) in [4.78, 5) is 8.29. The molecular formula is C24H31N3. The lowest BCUT2D eigenvalue weighted by Gasteiger charge is -2.24. The second kappa shape index (κ2) is 6.79. The van der Waals surface area contributed by atoms with E-state index in [2.05, 4.69) is 80.2 Å². The van der Waals surface area contributed by atoms with E-state index in [-0.39, 0.29) is 5.41 Å². The molecule has 2 N–H and O–H groups in total. The minimum Gasteiger partial charge on any atom is -0.354 e. The van der Waals surface area contributed by atoms with Gasteiger partial charge in [0.25, 0.3) is 0 Å². The van der Waals surface area contributed by atoms with Crippen LogP contribution in [0.3, 0.4) is 0 Å². The van der Waals surface area contributed by atoms with Gasteiger partial charge in [-0.15, -0.1) is 0 Å². The molecule has 3 heterocycles. The van der Waals surface area contributed by atoms with Crippen LogP contribution in [0.25, 0.3) is 22.2 Å². The number of hydrogen-bond acceptors (Lipinski definition) is 2. The third kappa shape index (κ3) is 3.53. The Morgan fingerprint density at radius 1 is 0.963 bits per heavy atom. The normalized spacial score (nSPS) is 16.2. The zero-order valence-electron chi connectivity index (χ0n) is 17.2. The number of pyridine rings is 1. The number of benzene rings is 1. The molecule has 27 heavy (non-hydrogen) atoms. The number of hydrogen-bond donors (Lipinski definition) is 2. The fourth-order valence-electron chi connectivity index (χ4n) is 4.59. The number of rotatable bonds is 2. The van der Waals surface area contributed by atoms with Crippen LogP contribution >= 0.6 is 0 Å². The van der Waals surface area contributed by atoms with Gasteiger partial charge in [-0.1, -0.05) is 26.8 Å². The number of aromatic amines is 1. The van der Waals surface area contributed by atoms with Crippen molar-refractivity contribution in [1.29, 1.82) is 0 Å². The fourth-order valence-corrected chi connectivity index (χ4v) is 4.59. The van der Waals surface area contributed by atoms with Crippen molar-refractivity contribution in [2.24, 2.45) is 0 Å². The van der Waals surface area contributed by atoms with E-state index < -0.39 is 0 Å². The summed E-state index contributed by atoms with van der Waals surface area (Å²) >= 11 is 0. The van der Waals surface area contributed by atoms with Gasteiger partial charge in [0.2, 0.25) is 0 Å². The molecule has 3 aromatic rings. The zero-order chi connectivity index (χ0) is 19.2. The van der Waals surface area contributed by atoms with Crippen molar-refractivity contribution >= 4 is 10.9 Å². The van der Waals surface area contributed by atoms with E-state index in [0.717, 1.165) is 24.5 Å². The monoisotopic (exact) mass is 361 g/mol. The first-order valence-corrected chi connectivity index (χ1v) is 10.2. The molecule has 2 aromatic heterocycles. The topological polar surface area (TPSA) is 40.7 Å². The molecule has 142 valence electrons. The quantitative estimate of drug-likeness (QED) is 0.623. The van der Waals surface area contributed by atoms with Crippen molar-refractivity contribution in [3.63, 3.8) is 0 Å². The molecule has 1 aliphatic heterocycles. The van der Waals surface area contributed by atoms with E-state index in [0.29, 0.717) is 5.92 Å². The second-order valence-electron chi connectivity index (χ2n) is 9.09. The number of H-pyrrole nitrogens is 1. The lowest BCUT2D eigenvalue weighted by molar-refractivity contribution is 0.460. The number of piperidine rings is 1. The van der Waals surface area contributed by atoms with Crippen molar-refractivity contribution in [2.45, 2.75) is 58.8 Å². The van der Waals surface area contributed by atoms with Gasteiger partial charge in [0, 0.05) is 27.9 Å². The zero-order valence-corrected chi connectivity index (χ0v) is 17.2. The minimum absolute atomic E-state index is 0.0609. The van der Waals surface area contributed by atoms with Gasteiger partial charge in [-0.2, -0.15) is 0 Å². The molecule has 0 radical (unpaired) electrons. The molecule has 3 heteroatoms. The molecule has 1 aromatic carbocycles. The Balaban J connectivity index is 1.91. The van der Waals surface area contributed by atoms with Gasteiger partial charge in [-0.25, -0.2) is 0 Å². The van der Waals surface area contributed by atoms with Crippen LogP contribution in [-0.4, -0.2) is 23.1 Å². The summed E-state index contributed by atoms with van der Waals surface area (Å²) < 4.78 is 0. The highest BCUT2D eigenvalue weighted by Crippen LogP contribution is 2.40. The number of nitrogens with one attached hydrogen (secondary N) is 2. The maximum Gasteiger partial charge on any atom is 0.0504 e. The first-order chi connectivity index (χ1) is 12.8. The first kappa shape index (κ1) is 18.2. The molecule has 0 bridgehead atoms. The molecule has 3 nitrogen and oxygen atoms in total. The van der Waals surface area contributed by atoms with Gasteiger partial charge in [-0.05, 0) is 86.5 Å². The van der Waals surface area contributed by atoms with Gasteiger partial charge >= 0.3 is 0 Å². The first-order valence-electron chi connectivity index (χ1n) is 10.2. The highest BCUT2D eigenvalue weighted by molar-refractivity contribution is 5.92. The Bertz CT molecular complexity index is 949. The molecule has 0 saturated carbocycles. The Kier molecular flexibility index (Phi) is 4.59. The SMILES string of the molecule is Cc1cc(-c2[nH]c3ccc(C4CCNCC4)cc3c2C(C)(C)C)cc(C)n1. The molecule has 0 atom stereocenters. The predicted molar refractivity (Wildman–Crippen MR) is 115 cm³/mol. The molecule has 0 aliphatic carbocycles. The third-order valence-corrected chi connectivity index (χ3v) is 5.75. The van der Waals surface area contributed by atoms with Crippen molar-refractivity contribution in [3.05, 3.63) is 52.8 Å². The number of nitrogens with zero attached hydrogens (tertiary/aromatic N) is 1. The maximum atomic E-state index is 4.56. The van der Waals surface area contributed by atoms with E-state index in [1.807, 2.05) is 0 Å².